The summed E-state index contributed by atoms with van der Waals surface area (Å²) in [7, 11) is 0. The molecule has 1 aromatic carbocycles. The summed E-state index contributed by atoms with van der Waals surface area (Å²) in [6.07, 6.45) is 4.56. The first-order valence-electron chi connectivity index (χ1n) is 8.10. The summed E-state index contributed by atoms with van der Waals surface area (Å²) >= 11 is 0. The Bertz CT molecular complexity index is 637. The highest BCUT2D eigenvalue weighted by Gasteiger charge is 2.21. The number of carboxylic acid groups (broad SMARTS) is 1. The molecule has 0 unspecified atom stereocenters. The first-order chi connectivity index (χ1) is 11.5. The number of nitrogens with zero attached hydrogens (tertiary/aromatic N) is 2. The topological polar surface area (TPSA) is 77.9 Å². The van der Waals surface area contributed by atoms with E-state index in [1.165, 1.54) is 11.0 Å². The van der Waals surface area contributed by atoms with Crippen molar-refractivity contribution in [3.05, 3.63) is 35.9 Å². The van der Waals surface area contributed by atoms with Crippen LogP contribution >= 0.6 is 0 Å². The Morgan fingerprint density at radius 2 is 2.00 bits per heavy atom. The van der Waals surface area contributed by atoms with Gasteiger partial charge in [0.05, 0.1) is 6.42 Å². The molecule has 1 aliphatic heterocycles. The number of amides is 2. The number of carbonyl (C=O) groups excluding carboxylic acids is 2. The number of aliphatic carboxylic acids is 1. The number of hydrogen-bond acceptors (Lipinski definition) is 3. The van der Waals surface area contributed by atoms with Gasteiger partial charge in [-0.05, 0) is 37.1 Å². The summed E-state index contributed by atoms with van der Waals surface area (Å²) < 4.78 is 0. The van der Waals surface area contributed by atoms with Gasteiger partial charge in [0.2, 0.25) is 11.8 Å². The van der Waals surface area contributed by atoms with Crippen molar-refractivity contribution >= 4 is 29.5 Å². The van der Waals surface area contributed by atoms with E-state index in [2.05, 4.69) is 0 Å². The molecule has 1 fully saturated rings. The SMILES string of the molecule is CCN(CCC(=O)O)C(=O)/C=C/c1ccc(N2CCCC2=O)cc1. The number of anilines is 1. The fourth-order valence-corrected chi connectivity index (χ4v) is 2.61. The van der Waals surface area contributed by atoms with Crippen LogP contribution in [0.15, 0.2) is 30.3 Å². The average Bonchev–Trinajstić information content (AvgIpc) is 2.99. The molecule has 0 saturated carbocycles. The molecule has 0 aromatic heterocycles. The fourth-order valence-electron chi connectivity index (χ4n) is 2.61. The molecule has 1 saturated heterocycles. The van der Waals surface area contributed by atoms with Gasteiger partial charge >= 0.3 is 5.97 Å². The van der Waals surface area contributed by atoms with E-state index in [9.17, 15) is 14.4 Å². The second kappa shape index (κ2) is 8.29. The summed E-state index contributed by atoms with van der Waals surface area (Å²) in [6.45, 7) is 3.23. The Morgan fingerprint density at radius 1 is 1.29 bits per heavy atom. The molecule has 0 atom stereocenters. The average molecular weight is 330 g/mol. The molecule has 128 valence electrons. The van der Waals surface area contributed by atoms with Crippen molar-refractivity contribution in [3.63, 3.8) is 0 Å². The molecule has 0 spiro atoms. The van der Waals surface area contributed by atoms with E-state index in [-0.39, 0.29) is 24.8 Å². The van der Waals surface area contributed by atoms with Gasteiger partial charge in [-0.3, -0.25) is 14.4 Å². The lowest BCUT2D eigenvalue weighted by Crippen LogP contribution is -2.31. The Labute approximate surface area is 141 Å². The van der Waals surface area contributed by atoms with E-state index in [0.29, 0.717) is 13.0 Å². The minimum absolute atomic E-state index is 0.0635. The smallest absolute Gasteiger partial charge is 0.305 e. The third-order valence-corrected chi connectivity index (χ3v) is 3.99. The van der Waals surface area contributed by atoms with Crippen molar-refractivity contribution in [3.8, 4) is 0 Å². The van der Waals surface area contributed by atoms with Crippen LogP contribution in [0.1, 0.15) is 31.7 Å². The van der Waals surface area contributed by atoms with E-state index in [1.807, 2.05) is 31.2 Å². The standard InChI is InChI=1S/C18H22N2O4/c1-2-19(13-11-18(23)24)16(21)10-7-14-5-8-15(9-6-14)20-12-3-4-17(20)22/h5-10H,2-4,11-13H2,1H3,(H,23,24)/b10-7+. The van der Waals surface area contributed by atoms with Crippen LogP contribution in [0.5, 0.6) is 0 Å². The summed E-state index contributed by atoms with van der Waals surface area (Å²) in [5, 5.41) is 8.70. The minimum Gasteiger partial charge on any atom is -0.481 e. The first kappa shape index (κ1) is 17.7. The second-order valence-electron chi connectivity index (χ2n) is 5.64. The van der Waals surface area contributed by atoms with Crippen molar-refractivity contribution in [1.29, 1.82) is 0 Å². The van der Waals surface area contributed by atoms with Gasteiger partial charge in [0.1, 0.15) is 0 Å². The Morgan fingerprint density at radius 3 is 2.54 bits per heavy atom. The predicted molar refractivity (Wildman–Crippen MR) is 91.6 cm³/mol. The van der Waals surface area contributed by atoms with Crippen LogP contribution in [-0.4, -0.2) is 47.4 Å². The fraction of sp³-hybridized carbons (Fsp3) is 0.389. The van der Waals surface area contributed by atoms with E-state index in [0.717, 1.165) is 24.2 Å². The molecule has 1 N–H and O–H groups in total. The number of benzene rings is 1. The highest BCUT2D eigenvalue weighted by molar-refractivity contribution is 5.95. The lowest BCUT2D eigenvalue weighted by molar-refractivity contribution is -0.138. The van der Waals surface area contributed by atoms with E-state index >= 15 is 0 Å². The normalized spacial score (nSPS) is 14.4. The molecule has 6 nitrogen and oxygen atoms in total. The molecule has 0 aliphatic carbocycles. The maximum atomic E-state index is 12.1. The monoisotopic (exact) mass is 330 g/mol. The van der Waals surface area contributed by atoms with E-state index in [1.54, 1.807) is 11.0 Å². The van der Waals surface area contributed by atoms with Crippen LogP contribution < -0.4 is 4.90 Å². The molecule has 1 heterocycles. The molecule has 0 bridgehead atoms. The van der Waals surface area contributed by atoms with Crippen molar-refractivity contribution in [2.45, 2.75) is 26.2 Å². The molecule has 1 aromatic rings. The zero-order valence-corrected chi connectivity index (χ0v) is 13.8. The van der Waals surface area contributed by atoms with Crippen LogP contribution in [0.3, 0.4) is 0 Å². The van der Waals surface area contributed by atoms with Gasteiger partial charge in [0, 0.05) is 37.8 Å². The molecule has 24 heavy (non-hydrogen) atoms. The molecule has 2 amide bonds. The lowest BCUT2D eigenvalue weighted by atomic mass is 10.2. The zero-order chi connectivity index (χ0) is 17.5. The minimum atomic E-state index is -0.919. The molecular formula is C18H22N2O4. The van der Waals surface area contributed by atoms with Crippen LogP contribution in [0.25, 0.3) is 6.08 Å². The molecule has 1 aliphatic rings. The molecule has 6 heteroatoms. The van der Waals surface area contributed by atoms with Gasteiger partial charge < -0.3 is 14.9 Å². The number of rotatable bonds is 7. The largest absolute Gasteiger partial charge is 0.481 e. The van der Waals surface area contributed by atoms with Crippen LogP contribution in [0.2, 0.25) is 0 Å². The zero-order valence-electron chi connectivity index (χ0n) is 13.8. The Hall–Kier alpha value is -2.63. The van der Waals surface area contributed by atoms with Crippen molar-refractivity contribution in [1.82, 2.24) is 4.90 Å². The van der Waals surface area contributed by atoms with E-state index < -0.39 is 5.97 Å². The summed E-state index contributed by atoms with van der Waals surface area (Å²) in [6, 6.07) is 7.46. The van der Waals surface area contributed by atoms with Gasteiger partial charge in [-0.2, -0.15) is 0 Å². The predicted octanol–water partition coefficient (Wildman–Crippen LogP) is 2.15. The highest BCUT2D eigenvalue weighted by Crippen LogP contribution is 2.21. The van der Waals surface area contributed by atoms with Gasteiger partial charge in [0.25, 0.3) is 0 Å². The van der Waals surface area contributed by atoms with Crippen LogP contribution in [0.4, 0.5) is 5.69 Å². The summed E-state index contributed by atoms with van der Waals surface area (Å²) in [5.41, 5.74) is 1.73. The third kappa shape index (κ3) is 4.68. The number of carboxylic acids is 1. The van der Waals surface area contributed by atoms with Gasteiger partial charge in [-0.15, -0.1) is 0 Å². The van der Waals surface area contributed by atoms with Crippen LogP contribution in [0, 0.1) is 0 Å². The van der Waals surface area contributed by atoms with Gasteiger partial charge in [-0.1, -0.05) is 12.1 Å². The van der Waals surface area contributed by atoms with Crippen LogP contribution in [-0.2, 0) is 14.4 Å². The lowest BCUT2D eigenvalue weighted by Gasteiger charge is -2.17. The Kier molecular flexibility index (Phi) is 6.12. The molecule has 0 radical (unpaired) electrons. The summed E-state index contributed by atoms with van der Waals surface area (Å²) in [5.74, 6) is -0.986. The van der Waals surface area contributed by atoms with Crippen molar-refractivity contribution in [2.75, 3.05) is 24.5 Å². The van der Waals surface area contributed by atoms with Gasteiger partial charge in [0.15, 0.2) is 0 Å². The maximum absolute atomic E-state index is 12.1. The molecular weight excluding hydrogens is 308 g/mol. The number of hydrogen-bond donors (Lipinski definition) is 1. The van der Waals surface area contributed by atoms with Gasteiger partial charge in [-0.25, -0.2) is 0 Å². The maximum Gasteiger partial charge on any atom is 0.305 e. The van der Waals surface area contributed by atoms with Crippen molar-refractivity contribution < 1.29 is 19.5 Å². The summed E-state index contributed by atoms with van der Waals surface area (Å²) in [4.78, 5) is 37.6. The van der Waals surface area contributed by atoms with Crippen molar-refractivity contribution in [2.24, 2.45) is 0 Å². The number of carbonyl (C=O) groups is 3. The number of likely N-dealkylation sites (N-methyl/N-ethyl adjacent to an activating group) is 1. The highest BCUT2D eigenvalue weighted by atomic mass is 16.4. The first-order valence-corrected chi connectivity index (χ1v) is 8.10. The molecule has 2 rings (SSSR count). The third-order valence-electron chi connectivity index (χ3n) is 3.99. The Balaban J connectivity index is 1.96. The quantitative estimate of drug-likeness (QED) is 0.777. The second-order valence-corrected chi connectivity index (χ2v) is 5.64. The van der Waals surface area contributed by atoms with E-state index in [4.69, 9.17) is 5.11 Å².